The molecule has 0 unspecified atom stereocenters. The average Bonchev–Trinajstić information content (AvgIpc) is 3.28. The van der Waals surface area contributed by atoms with Crippen molar-refractivity contribution < 1.29 is 19.4 Å². The fourth-order valence-corrected chi connectivity index (χ4v) is 2.85. The quantitative estimate of drug-likeness (QED) is 0.669. The number of hydrogen-bond donors (Lipinski definition) is 1. The molecular weight excluding hydrogens is 348 g/mol. The van der Waals surface area contributed by atoms with Gasteiger partial charge in [-0.1, -0.05) is 0 Å². The van der Waals surface area contributed by atoms with Gasteiger partial charge in [0.15, 0.2) is 11.5 Å². The molecule has 3 rings (SSSR count). The second-order valence-corrected chi connectivity index (χ2v) is 5.87. The van der Waals surface area contributed by atoms with Crippen LogP contribution in [0.2, 0.25) is 0 Å². The van der Waals surface area contributed by atoms with Gasteiger partial charge in [-0.3, -0.25) is 9.48 Å². The Bertz CT molecular complexity index is 886. The minimum atomic E-state index is -0.250. The highest BCUT2D eigenvalue weighted by molar-refractivity contribution is 5.70. The minimum Gasteiger partial charge on any atom is -0.493 e. The van der Waals surface area contributed by atoms with Gasteiger partial charge in [0.1, 0.15) is 5.82 Å². The number of aryl methyl sites for hydroxylation is 4. The predicted octanol–water partition coefficient (Wildman–Crippen LogP) is 2.55. The Kier molecular flexibility index (Phi) is 6.99. The smallest absolute Gasteiger partial charge is 0.290 e. The molecule has 8 heteroatoms. The van der Waals surface area contributed by atoms with E-state index in [1.807, 2.05) is 49.5 Å². The zero-order valence-electron chi connectivity index (χ0n) is 15.9. The summed E-state index contributed by atoms with van der Waals surface area (Å²) in [6, 6.07) is 4.04. The Morgan fingerprint density at radius 2 is 2.00 bits per heavy atom. The summed E-state index contributed by atoms with van der Waals surface area (Å²) in [5.74, 6) is 2.30. The number of carboxylic acid groups (broad SMARTS) is 1. The summed E-state index contributed by atoms with van der Waals surface area (Å²) in [6.45, 7) is 2.61. The molecule has 2 heterocycles. The summed E-state index contributed by atoms with van der Waals surface area (Å²) in [4.78, 5) is 12.9. The van der Waals surface area contributed by atoms with E-state index in [2.05, 4.69) is 20.7 Å². The number of methoxy groups -OCH3 is 2. The highest BCUT2D eigenvalue weighted by Crippen LogP contribution is 2.38. The SMILES string of the molecule is COc1cc(C)cc(-c2nccn2CCc2cnn(C)c2)c1OC.O=CO. The molecule has 0 aliphatic carbocycles. The molecular formula is C19H24N4O4. The van der Waals surface area contributed by atoms with Gasteiger partial charge in [-0.05, 0) is 36.6 Å². The molecule has 0 aliphatic heterocycles. The van der Waals surface area contributed by atoms with E-state index >= 15 is 0 Å². The molecule has 0 spiro atoms. The molecule has 1 N–H and O–H groups in total. The van der Waals surface area contributed by atoms with Crippen molar-refractivity contribution in [3.8, 4) is 22.9 Å². The second kappa shape index (κ2) is 9.42. The van der Waals surface area contributed by atoms with Crippen molar-refractivity contribution in [3.05, 3.63) is 48.0 Å². The fraction of sp³-hybridized carbons (Fsp3) is 0.316. The van der Waals surface area contributed by atoms with Crippen molar-refractivity contribution in [2.24, 2.45) is 7.05 Å². The molecule has 2 aromatic heterocycles. The largest absolute Gasteiger partial charge is 0.493 e. The molecule has 1 aromatic carbocycles. The van der Waals surface area contributed by atoms with Gasteiger partial charge in [-0.2, -0.15) is 5.10 Å². The number of aromatic nitrogens is 4. The van der Waals surface area contributed by atoms with Crippen LogP contribution in [-0.4, -0.2) is 45.1 Å². The Morgan fingerprint density at radius 1 is 1.26 bits per heavy atom. The Balaban J connectivity index is 0.000000817. The lowest BCUT2D eigenvalue weighted by molar-refractivity contribution is -0.122. The molecule has 27 heavy (non-hydrogen) atoms. The van der Waals surface area contributed by atoms with E-state index in [4.69, 9.17) is 19.4 Å². The summed E-state index contributed by atoms with van der Waals surface area (Å²) >= 11 is 0. The molecule has 0 atom stereocenters. The molecule has 144 valence electrons. The van der Waals surface area contributed by atoms with Crippen molar-refractivity contribution in [1.82, 2.24) is 19.3 Å². The first-order valence-corrected chi connectivity index (χ1v) is 8.33. The van der Waals surface area contributed by atoms with E-state index in [9.17, 15) is 0 Å². The summed E-state index contributed by atoms with van der Waals surface area (Å²) < 4.78 is 15.0. The van der Waals surface area contributed by atoms with E-state index in [1.54, 1.807) is 14.2 Å². The van der Waals surface area contributed by atoms with Crippen molar-refractivity contribution in [3.63, 3.8) is 0 Å². The van der Waals surface area contributed by atoms with E-state index in [-0.39, 0.29) is 6.47 Å². The Morgan fingerprint density at radius 3 is 2.59 bits per heavy atom. The normalized spacial score (nSPS) is 10.1. The second-order valence-electron chi connectivity index (χ2n) is 5.87. The molecule has 0 saturated heterocycles. The highest BCUT2D eigenvalue weighted by Gasteiger charge is 2.17. The third-order valence-corrected chi connectivity index (χ3v) is 3.98. The molecule has 0 fully saturated rings. The summed E-state index contributed by atoms with van der Waals surface area (Å²) in [7, 11) is 5.23. The van der Waals surface area contributed by atoms with E-state index < -0.39 is 0 Å². The minimum absolute atomic E-state index is 0.250. The standard InChI is InChI=1S/C18H22N4O2.CH2O2/c1-13-9-15(17(24-4)16(10-13)23-3)18-19-6-8-22(18)7-5-14-11-20-21(2)12-14;2-1-3/h6,8-12H,5,7H2,1-4H3;1H,(H,2,3). The van der Waals surface area contributed by atoms with Crippen LogP contribution in [0.5, 0.6) is 11.5 Å². The molecule has 0 bridgehead atoms. The van der Waals surface area contributed by atoms with Crippen LogP contribution in [0.4, 0.5) is 0 Å². The zero-order chi connectivity index (χ0) is 19.8. The van der Waals surface area contributed by atoms with Crippen LogP contribution in [0.1, 0.15) is 11.1 Å². The topological polar surface area (TPSA) is 91.4 Å². The van der Waals surface area contributed by atoms with Crippen LogP contribution in [0.15, 0.2) is 36.9 Å². The number of imidazole rings is 1. The third-order valence-electron chi connectivity index (χ3n) is 3.98. The van der Waals surface area contributed by atoms with E-state index in [0.29, 0.717) is 11.5 Å². The summed E-state index contributed by atoms with van der Waals surface area (Å²) in [6.07, 6.45) is 8.62. The monoisotopic (exact) mass is 372 g/mol. The van der Waals surface area contributed by atoms with Crippen LogP contribution in [-0.2, 0) is 24.8 Å². The number of nitrogens with zero attached hydrogens (tertiary/aromatic N) is 4. The highest BCUT2D eigenvalue weighted by atomic mass is 16.5. The number of carbonyl (C=O) groups is 1. The van der Waals surface area contributed by atoms with Gasteiger partial charge in [0.25, 0.3) is 6.47 Å². The van der Waals surface area contributed by atoms with Crippen molar-refractivity contribution in [1.29, 1.82) is 0 Å². The molecule has 0 aliphatic rings. The van der Waals surface area contributed by atoms with Crippen LogP contribution in [0, 0.1) is 6.92 Å². The van der Waals surface area contributed by atoms with Gasteiger partial charge in [0.2, 0.25) is 0 Å². The molecule has 0 saturated carbocycles. The molecule has 3 aromatic rings. The average molecular weight is 372 g/mol. The first-order chi connectivity index (χ1) is 13.0. The summed E-state index contributed by atoms with van der Waals surface area (Å²) in [5.41, 5.74) is 3.24. The van der Waals surface area contributed by atoms with Crippen molar-refractivity contribution in [2.75, 3.05) is 14.2 Å². The maximum Gasteiger partial charge on any atom is 0.290 e. The van der Waals surface area contributed by atoms with Crippen LogP contribution in [0.3, 0.4) is 0 Å². The van der Waals surface area contributed by atoms with Crippen LogP contribution < -0.4 is 9.47 Å². The molecule has 0 amide bonds. The first-order valence-electron chi connectivity index (χ1n) is 8.33. The lowest BCUT2D eigenvalue weighted by atomic mass is 10.1. The Labute approximate surface area is 158 Å². The number of rotatable bonds is 6. The molecule has 8 nitrogen and oxygen atoms in total. The van der Waals surface area contributed by atoms with E-state index in [0.717, 1.165) is 29.9 Å². The van der Waals surface area contributed by atoms with Gasteiger partial charge in [-0.25, -0.2) is 4.98 Å². The van der Waals surface area contributed by atoms with Gasteiger partial charge in [-0.15, -0.1) is 0 Å². The van der Waals surface area contributed by atoms with Crippen molar-refractivity contribution >= 4 is 6.47 Å². The Hall–Kier alpha value is -3.29. The lowest BCUT2D eigenvalue weighted by Gasteiger charge is -2.15. The van der Waals surface area contributed by atoms with Crippen LogP contribution in [0.25, 0.3) is 11.4 Å². The number of hydrogen-bond acceptors (Lipinski definition) is 5. The maximum atomic E-state index is 8.36. The molecule has 0 radical (unpaired) electrons. The maximum absolute atomic E-state index is 8.36. The first kappa shape index (κ1) is 20.0. The third kappa shape index (κ3) is 4.87. The van der Waals surface area contributed by atoms with Gasteiger partial charge >= 0.3 is 0 Å². The van der Waals surface area contributed by atoms with Crippen molar-refractivity contribution in [2.45, 2.75) is 19.9 Å². The summed E-state index contributed by atoms with van der Waals surface area (Å²) in [5, 5.41) is 11.1. The van der Waals surface area contributed by atoms with Gasteiger partial charge in [0.05, 0.1) is 26.0 Å². The zero-order valence-corrected chi connectivity index (χ0v) is 15.9. The number of ether oxygens (including phenoxy) is 2. The van der Waals surface area contributed by atoms with Crippen LogP contribution >= 0.6 is 0 Å². The predicted molar refractivity (Wildman–Crippen MR) is 101 cm³/mol. The van der Waals surface area contributed by atoms with E-state index in [1.165, 1.54) is 5.56 Å². The van der Waals surface area contributed by atoms with Gasteiger partial charge in [0, 0.05) is 32.2 Å². The lowest BCUT2D eigenvalue weighted by Crippen LogP contribution is -2.04. The van der Waals surface area contributed by atoms with Gasteiger partial charge < -0.3 is 19.1 Å². The number of benzene rings is 1. The fourth-order valence-electron chi connectivity index (χ4n) is 2.85.